The molecule has 0 aliphatic carbocycles. The first kappa shape index (κ1) is 16.1. The molecule has 0 saturated carbocycles. The first-order chi connectivity index (χ1) is 9.61. The Balaban J connectivity index is 2.11. The predicted molar refractivity (Wildman–Crippen MR) is 72.4 cm³/mol. The van der Waals surface area contributed by atoms with E-state index in [2.05, 4.69) is 10.6 Å². The zero-order valence-corrected chi connectivity index (χ0v) is 11.4. The van der Waals surface area contributed by atoms with Crippen molar-refractivity contribution in [2.75, 3.05) is 19.7 Å². The van der Waals surface area contributed by atoms with Crippen molar-refractivity contribution in [1.29, 1.82) is 0 Å². The van der Waals surface area contributed by atoms with Gasteiger partial charge in [-0.1, -0.05) is 12.1 Å². The maximum Gasteiger partial charge on any atom is 0.307 e. The summed E-state index contributed by atoms with van der Waals surface area (Å²) in [6.07, 6.45) is 0.235. The van der Waals surface area contributed by atoms with Gasteiger partial charge in [0.25, 0.3) is 0 Å². The van der Waals surface area contributed by atoms with Crippen molar-refractivity contribution in [2.45, 2.75) is 19.9 Å². The standard InChI is InChI=1S/C14H19FN2O3/c1-2-20-14(19)7-8-16-10-13(18)17-9-11-3-5-12(15)6-4-11/h3-6,16H,2,7-10H2,1H3,(H,17,18). The van der Waals surface area contributed by atoms with Crippen LogP contribution in [-0.2, 0) is 20.9 Å². The van der Waals surface area contributed by atoms with Crippen LogP contribution in [0.2, 0.25) is 0 Å². The molecule has 0 fully saturated rings. The van der Waals surface area contributed by atoms with E-state index in [0.29, 0.717) is 19.7 Å². The number of halogens is 1. The number of rotatable bonds is 8. The van der Waals surface area contributed by atoms with Gasteiger partial charge in [-0.15, -0.1) is 0 Å². The van der Waals surface area contributed by atoms with Crippen LogP contribution < -0.4 is 10.6 Å². The molecule has 0 aliphatic heterocycles. The summed E-state index contributed by atoms with van der Waals surface area (Å²) >= 11 is 0. The molecule has 0 radical (unpaired) electrons. The number of benzene rings is 1. The summed E-state index contributed by atoms with van der Waals surface area (Å²) in [4.78, 5) is 22.5. The van der Waals surface area contributed by atoms with Crippen LogP contribution in [0.25, 0.3) is 0 Å². The maximum absolute atomic E-state index is 12.7. The fourth-order valence-corrected chi connectivity index (χ4v) is 1.49. The number of esters is 1. The highest BCUT2D eigenvalue weighted by atomic mass is 19.1. The third-order valence-corrected chi connectivity index (χ3v) is 2.50. The second-order valence-electron chi connectivity index (χ2n) is 4.13. The molecule has 6 heteroatoms. The number of carbonyl (C=O) groups excluding carboxylic acids is 2. The maximum atomic E-state index is 12.7. The molecule has 0 aliphatic rings. The molecular weight excluding hydrogens is 263 g/mol. The topological polar surface area (TPSA) is 67.4 Å². The lowest BCUT2D eigenvalue weighted by atomic mass is 10.2. The van der Waals surface area contributed by atoms with Crippen LogP contribution in [0.3, 0.4) is 0 Å². The number of hydrogen-bond donors (Lipinski definition) is 2. The van der Waals surface area contributed by atoms with Gasteiger partial charge in [0.15, 0.2) is 0 Å². The van der Waals surface area contributed by atoms with Gasteiger partial charge in [-0.25, -0.2) is 4.39 Å². The van der Waals surface area contributed by atoms with Gasteiger partial charge < -0.3 is 15.4 Å². The number of hydrogen-bond acceptors (Lipinski definition) is 4. The summed E-state index contributed by atoms with van der Waals surface area (Å²) in [5.74, 6) is -0.773. The summed E-state index contributed by atoms with van der Waals surface area (Å²) in [6.45, 7) is 2.97. The van der Waals surface area contributed by atoms with Crippen LogP contribution in [0.15, 0.2) is 24.3 Å². The highest BCUT2D eigenvalue weighted by Gasteiger charge is 2.03. The second-order valence-corrected chi connectivity index (χ2v) is 4.13. The first-order valence-corrected chi connectivity index (χ1v) is 6.49. The quantitative estimate of drug-likeness (QED) is 0.551. The average Bonchev–Trinajstić information content (AvgIpc) is 2.43. The van der Waals surface area contributed by atoms with Crippen molar-refractivity contribution in [3.8, 4) is 0 Å². The minimum atomic E-state index is -0.305. The zero-order chi connectivity index (χ0) is 14.8. The molecule has 1 amide bonds. The molecule has 0 aromatic heterocycles. The molecule has 1 aromatic carbocycles. The van der Waals surface area contributed by atoms with Crippen molar-refractivity contribution in [1.82, 2.24) is 10.6 Å². The lowest BCUT2D eigenvalue weighted by Crippen LogP contribution is -2.34. The van der Waals surface area contributed by atoms with Gasteiger partial charge in [-0.3, -0.25) is 9.59 Å². The number of carbonyl (C=O) groups is 2. The van der Waals surface area contributed by atoms with Gasteiger partial charge in [0.05, 0.1) is 19.6 Å². The summed E-state index contributed by atoms with van der Waals surface area (Å²) < 4.78 is 17.4. The molecule has 0 heterocycles. The molecule has 2 N–H and O–H groups in total. The molecule has 1 rings (SSSR count). The minimum Gasteiger partial charge on any atom is -0.466 e. The largest absolute Gasteiger partial charge is 0.466 e. The van der Waals surface area contributed by atoms with E-state index in [4.69, 9.17) is 4.74 Å². The predicted octanol–water partition coefficient (Wildman–Crippen LogP) is 0.985. The molecule has 0 unspecified atom stereocenters. The normalized spacial score (nSPS) is 10.1. The molecule has 0 spiro atoms. The fourth-order valence-electron chi connectivity index (χ4n) is 1.49. The smallest absolute Gasteiger partial charge is 0.307 e. The highest BCUT2D eigenvalue weighted by Crippen LogP contribution is 2.01. The van der Waals surface area contributed by atoms with Gasteiger partial charge in [0.2, 0.25) is 5.91 Å². The third-order valence-electron chi connectivity index (χ3n) is 2.50. The Morgan fingerprint density at radius 1 is 1.25 bits per heavy atom. The molecule has 0 atom stereocenters. The molecule has 20 heavy (non-hydrogen) atoms. The Hall–Kier alpha value is -1.95. The third kappa shape index (κ3) is 6.84. The summed E-state index contributed by atoms with van der Waals surface area (Å²) in [7, 11) is 0. The van der Waals surface area contributed by atoms with Crippen LogP contribution in [0.5, 0.6) is 0 Å². The van der Waals surface area contributed by atoms with Crippen LogP contribution in [0, 0.1) is 5.82 Å². The van der Waals surface area contributed by atoms with E-state index in [1.165, 1.54) is 12.1 Å². The summed E-state index contributed by atoms with van der Waals surface area (Å²) in [5, 5.41) is 5.54. The monoisotopic (exact) mass is 282 g/mol. The van der Waals surface area contributed by atoms with E-state index in [9.17, 15) is 14.0 Å². The zero-order valence-electron chi connectivity index (χ0n) is 11.4. The Kier molecular flexibility index (Phi) is 7.27. The van der Waals surface area contributed by atoms with Gasteiger partial charge in [0, 0.05) is 13.1 Å². The molecular formula is C14H19FN2O3. The lowest BCUT2D eigenvalue weighted by molar-refractivity contribution is -0.143. The molecule has 110 valence electrons. The highest BCUT2D eigenvalue weighted by molar-refractivity contribution is 5.78. The second kappa shape index (κ2) is 9.03. The van der Waals surface area contributed by atoms with Crippen LogP contribution >= 0.6 is 0 Å². The van der Waals surface area contributed by atoms with Crippen molar-refractivity contribution >= 4 is 11.9 Å². The van der Waals surface area contributed by atoms with E-state index < -0.39 is 0 Å². The average molecular weight is 282 g/mol. The molecule has 1 aromatic rings. The van der Waals surface area contributed by atoms with E-state index >= 15 is 0 Å². The number of amides is 1. The lowest BCUT2D eigenvalue weighted by Gasteiger charge is -2.07. The van der Waals surface area contributed by atoms with E-state index in [-0.39, 0.29) is 30.7 Å². The van der Waals surface area contributed by atoms with Gasteiger partial charge in [0.1, 0.15) is 5.82 Å². The van der Waals surface area contributed by atoms with Crippen LogP contribution in [0.4, 0.5) is 4.39 Å². The van der Waals surface area contributed by atoms with Crippen molar-refractivity contribution in [3.63, 3.8) is 0 Å². The number of nitrogens with one attached hydrogen (secondary N) is 2. The number of ether oxygens (including phenoxy) is 1. The van der Waals surface area contributed by atoms with Crippen LogP contribution in [0.1, 0.15) is 18.9 Å². The summed E-state index contributed by atoms with van der Waals surface area (Å²) in [5.41, 5.74) is 0.825. The molecule has 0 bridgehead atoms. The van der Waals surface area contributed by atoms with Crippen LogP contribution in [-0.4, -0.2) is 31.6 Å². The Labute approximate surface area is 117 Å². The Morgan fingerprint density at radius 2 is 1.95 bits per heavy atom. The van der Waals surface area contributed by atoms with E-state index in [0.717, 1.165) is 5.56 Å². The SMILES string of the molecule is CCOC(=O)CCNCC(=O)NCc1ccc(F)cc1. The fraction of sp³-hybridized carbons (Fsp3) is 0.429. The van der Waals surface area contributed by atoms with Crippen molar-refractivity contribution in [2.24, 2.45) is 0 Å². The van der Waals surface area contributed by atoms with Crippen molar-refractivity contribution in [3.05, 3.63) is 35.6 Å². The summed E-state index contributed by atoms with van der Waals surface area (Å²) in [6, 6.07) is 5.92. The Morgan fingerprint density at radius 3 is 2.60 bits per heavy atom. The molecule has 5 nitrogen and oxygen atoms in total. The van der Waals surface area contributed by atoms with Gasteiger partial charge in [-0.05, 0) is 24.6 Å². The van der Waals surface area contributed by atoms with Gasteiger partial charge in [-0.2, -0.15) is 0 Å². The van der Waals surface area contributed by atoms with E-state index in [1.54, 1.807) is 19.1 Å². The first-order valence-electron chi connectivity index (χ1n) is 6.49. The van der Waals surface area contributed by atoms with E-state index in [1.807, 2.05) is 0 Å². The minimum absolute atomic E-state index is 0.126. The van der Waals surface area contributed by atoms with Gasteiger partial charge >= 0.3 is 5.97 Å². The molecule has 0 saturated heterocycles. The Bertz CT molecular complexity index is 435. The van der Waals surface area contributed by atoms with Crippen molar-refractivity contribution < 1.29 is 18.7 Å².